The number of thiazole rings is 1. The number of nitrogens with one attached hydrogen (secondary N) is 1. The number of carbonyl (C=O) groups is 3. The number of imide groups is 1. The molecular formula is C19H10F2N4O5S. The number of carbonyl (C=O) groups excluding carboxylic acids is 3. The second kappa shape index (κ2) is 7.65. The summed E-state index contributed by atoms with van der Waals surface area (Å²) in [5.74, 6) is -4.57. The molecule has 1 N–H and O–H groups in total. The lowest BCUT2D eigenvalue weighted by molar-refractivity contribution is -0.385. The fourth-order valence-electron chi connectivity index (χ4n) is 3.03. The summed E-state index contributed by atoms with van der Waals surface area (Å²) in [6.45, 7) is -0.677. The molecule has 9 nitrogen and oxygen atoms in total. The predicted octanol–water partition coefficient (Wildman–Crippen LogP) is 3.23. The number of nitrogens with zero attached hydrogens (tertiary/aromatic N) is 3. The molecule has 1 aliphatic heterocycles. The molecule has 12 heteroatoms. The lowest BCUT2D eigenvalue weighted by Gasteiger charge is -2.12. The van der Waals surface area contributed by atoms with Gasteiger partial charge in [0.25, 0.3) is 17.5 Å². The highest BCUT2D eigenvalue weighted by atomic mass is 32.1. The largest absolute Gasteiger partial charge is 0.300 e. The Kier molecular flexibility index (Phi) is 4.99. The SMILES string of the molecule is O=C(CN1C(=O)c2cccc([N+](=O)[O-])c2C1=O)Nc1nc(-c2ccc(F)c(F)c2)cs1. The Bertz CT molecular complexity index is 1280. The van der Waals surface area contributed by atoms with Gasteiger partial charge in [0.2, 0.25) is 5.91 Å². The molecule has 0 saturated heterocycles. The number of nitro benzene ring substituents is 1. The summed E-state index contributed by atoms with van der Waals surface area (Å²) < 4.78 is 26.5. The van der Waals surface area contributed by atoms with Gasteiger partial charge in [0.05, 0.1) is 16.2 Å². The van der Waals surface area contributed by atoms with Crippen LogP contribution in [-0.4, -0.2) is 39.1 Å². The Hall–Kier alpha value is -4.06. The van der Waals surface area contributed by atoms with E-state index < -0.39 is 46.5 Å². The van der Waals surface area contributed by atoms with Crippen molar-refractivity contribution in [3.63, 3.8) is 0 Å². The normalized spacial score (nSPS) is 12.8. The Labute approximate surface area is 176 Å². The van der Waals surface area contributed by atoms with E-state index in [1.807, 2.05) is 0 Å². The Morgan fingerprint density at radius 2 is 1.94 bits per heavy atom. The average molecular weight is 444 g/mol. The number of halogens is 2. The zero-order valence-electron chi connectivity index (χ0n) is 15.3. The number of benzene rings is 2. The number of hydrogen-bond donors (Lipinski definition) is 1. The molecular weight excluding hydrogens is 434 g/mol. The smallest absolute Gasteiger partial charge is 0.282 e. The van der Waals surface area contributed by atoms with Crippen LogP contribution < -0.4 is 5.32 Å². The van der Waals surface area contributed by atoms with Crippen molar-refractivity contribution in [1.82, 2.24) is 9.88 Å². The van der Waals surface area contributed by atoms with Gasteiger partial charge in [-0.15, -0.1) is 11.3 Å². The molecule has 0 saturated carbocycles. The summed E-state index contributed by atoms with van der Waals surface area (Å²) >= 11 is 0.999. The topological polar surface area (TPSA) is 123 Å². The van der Waals surface area contributed by atoms with Crippen molar-refractivity contribution in [3.05, 3.63) is 74.7 Å². The molecule has 0 radical (unpaired) electrons. The Balaban J connectivity index is 1.49. The molecule has 3 aromatic rings. The summed E-state index contributed by atoms with van der Waals surface area (Å²) in [6.07, 6.45) is 0. The van der Waals surface area contributed by atoms with E-state index in [0.29, 0.717) is 10.5 Å². The summed E-state index contributed by atoms with van der Waals surface area (Å²) in [7, 11) is 0. The molecule has 2 heterocycles. The maximum Gasteiger partial charge on any atom is 0.282 e. The molecule has 3 amide bonds. The zero-order chi connectivity index (χ0) is 22.3. The number of rotatable bonds is 5. The quantitative estimate of drug-likeness (QED) is 0.366. The Morgan fingerprint density at radius 1 is 1.16 bits per heavy atom. The van der Waals surface area contributed by atoms with Gasteiger partial charge in [-0.1, -0.05) is 6.07 Å². The maximum absolute atomic E-state index is 13.4. The third-order valence-electron chi connectivity index (χ3n) is 4.44. The second-order valence-corrected chi connectivity index (χ2v) is 7.23. The van der Waals surface area contributed by atoms with Crippen LogP contribution in [0.5, 0.6) is 0 Å². The number of hydrogen-bond acceptors (Lipinski definition) is 7. The van der Waals surface area contributed by atoms with Crippen LogP contribution in [0.1, 0.15) is 20.7 Å². The van der Waals surface area contributed by atoms with Crippen molar-refractivity contribution in [1.29, 1.82) is 0 Å². The predicted molar refractivity (Wildman–Crippen MR) is 105 cm³/mol. The van der Waals surface area contributed by atoms with Crippen LogP contribution in [0.3, 0.4) is 0 Å². The zero-order valence-corrected chi connectivity index (χ0v) is 16.1. The highest BCUT2D eigenvalue weighted by molar-refractivity contribution is 7.14. The van der Waals surface area contributed by atoms with Gasteiger partial charge < -0.3 is 5.32 Å². The molecule has 0 aliphatic carbocycles. The van der Waals surface area contributed by atoms with E-state index in [2.05, 4.69) is 10.3 Å². The fourth-order valence-corrected chi connectivity index (χ4v) is 3.77. The first-order valence-electron chi connectivity index (χ1n) is 8.60. The first kappa shape index (κ1) is 20.2. The number of amides is 3. The van der Waals surface area contributed by atoms with Crippen LogP contribution in [0.2, 0.25) is 0 Å². The molecule has 4 rings (SSSR count). The van der Waals surface area contributed by atoms with Crippen LogP contribution in [0, 0.1) is 21.7 Å². The molecule has 1 aromatic heterocycles. The molecule has 156 valence electrons. The van der Waals surface area contributed by atoms with Crippen LogP contribution in [0.15, 0.2) is 41.8 Å². The van der Waals surface area contributed by atoms with E-state index in [1.165, 1.54) is 23.6 Å². The van der Waals surface area contributed by atoms with Crippen LogP contribution >= 0.6 is 11.3 Å². The van der Waals surface area contributed by atoms with Crippen molar-refractivity contribution in [2.75, 3.05) is 11.9 Å². The summed E-state index contributed by atoms with van der Waals surface area (Å²) in [6, 6.07) is 6.88. The van der Waals surface area contributed by atoms with Crippen LogP contribution in [-0.2, 0) is 4.79 Å². The Morgan fingerprint density at radius 3 is 2.65 bits per heavy atom. The minimum Gasteiger partial charge on any atom is -0.300 e. The first-order chi connectivity index (χ1) is 14.8. The van der Waals surface area contributed by atoms with Gasteiger partial charge in [0.15, 0.2) is 16.8 Å². The lowest BCUT2D eigenvalue weighted by atomic mass is 10.1. The van der Waals surface area contributed by atoms with E-state index in [0.717, 1.165) is 29.5 Å². The highest BCUT2D eigenvalue weighted by Gasteiger charge is 2.41. The van der Waals surface area contributed by atoms with Crippen molar-refractivity contribution in [2.24, 2.45) is 0 Å². The second-order valence-electron chi connectivity index (χ2n) is 6.37. The third kappa shape index (κ3) is 3.64. The average Bonchev–Trinajstić information content (AvgIpc) is 3.29. The van der Waals surface area contributed by atoms with Crippen LogP contribution in [0.25, 0.3) is 11.3 Å². The van der Waals surface area contributed by atoms with Gasteiger partial charge in [-0.05, 0) is 24.3 Å². The molecule has 0 spiro atoms. The van der Waals surface area contributed by atoms with Gasteiger partial charge in [-0.25, -0.2) is 13.8 Å². The lowest BCUT2D eigenvalue weighted by Crippen LogP contribution is -2.37. The minimum atomic E-state index is -1.05. The van der Waals surface area contributed by atoms with Gasteiger partial charge in [0, 0.05) is 17.0 Å². The first-order valence-corrected chi connectivity index (χ1v) is 9.48. The van der Waals surface area contributed by atoms with E-state index in [9.17, 15) is 33.3 Å². The monoisotopic (exact) mass is 444 g/mol. The minimum absolute atomic E-state index is 0.104. The van der Waals surface area contributed by atoms with E-state index in [4.69, 9.17) is 0 Å². The fraction of sp³-hybridized carbons (Fsp3) is 0.0526. The molecule has 0 bridgehead atoms. The van der Waals surface area contributed by atoms with Gasteiger partial charge in [-0.2, -0.15) is 0 Å². The molecule has 0 unspecified atom stereocenters. The van der Waals surface area contributed by atoms with E-state index in [1.54, 1.807) is 0 Å². The molecule has 2 aromatic carbocycles. The summed E-state index contributed by atoms with van der Waals surface area (Å²) in [5, 5.41) is 15.2. The number of anilines is 1. The number of nitro groups is 1. The highest BCUT2D eigenvalue weighted by Crippen LogP contribution is 2.31. The van der Waals surface area contributed by atoms with Gasteiger partial charge in [0.1, 0.15) is 12.1 Å². The molecule has 31 heavy (non-hydrogen) atoms. The standard InChI is InChI=1S/C19H10F2N4O5S/c20-11-5-4-9(6-12(11)21)13-8-31-19(22-13)23-15(26)7-24-17(27)10-2-1-3-14(25(29)30)16(10)18(24)28/h1-6,8H,7H2,(H,22,23,26). The van der Waals surface area contributed by atoms with Crippen molar-refractivity contribution in [3.8, 4) is 11.3 Å². The number of aromatic nitrogens is 1. The summed E-state index contributed by atoms with van der Waals surface area (Å²) in [5.41, 5.74) is -0.448. The van der Waals surface area contributed by atoms with Gasteiger partial charge >= 0.3 is 0 Å². The molecule has 1 aliphatic rings. The van der Waals surface area contributed by atoms with Crippen molar-refractivity contribution < 1.29 is 28.1 Å². The van der Waals surface area contributed by atoms with Crippen LogP contribution in [0.4, 0.5) is 19.6 Å². The summed E-state index contributed by atoms with van der Waals surface area (Å²) in [4.78, 5) is 52.4. The molecule has 0 atom stereocenters. The molecule has 0 fully saturated rings. The van der Waals surface area contributed by atoms with Crippen molar-refractivity contribution in [2.45, 2.75) is 0 Å². The van der Waals surface area contributed by atoms with E-state index in [-0.39, 0.29) is 22.0 Å². The van der Waals surface area contributed by atoms with Crippen molar-refractivity contribution >= 4 is 39.9 Å². The third-order valence-corrected chi connectivity index (χ3v) is 5.20. The maximum atomic E-state index is 13.4. The van der Waals surface area contributed by atoms with E-state index >= 15 is 0 Å². The number of fused-ring (bicyclic) bond motifs is 1. The van der Waals surface area contributed by atoms with Gasteiger partial charge in [-0.3, -0.25) is 29.4 Å².